The first-order valence-corrected chi connectivity index (χ1v) is 10.8. The number of thioether (sulfide) groups is 1. The van der Waals surface area contributed by atoms with E-state index < -0.39 is 0 Å². The van der Waals surface area contributed by atoms with E-state index >= 15 is 0 Å². The average Bonchev–Trinajstić information content (AvgIpc) is 2.69. The molecule has 0 aliphatic heterocycles. The summed E-state index contributed by atoms with van der Waals surface area (Å²) in [5, 5.41) is 0.635. The molecule has 4 nitrogen and oxygen atoms in total. The van der Waals surface area contributed by atoms with E-state index in [4.69, 9.17) is 4.74 Å². The van der Waals surface area contributed by atoms with Gasteiger partial charge in [0.05, 0.1) is 6.61 Å². The third-order valence-corrected chi connectivity index (χ3v) is 5.57. The monoisotopic (exact) mass is 408 g/mol. The van der Waals surface area contributed by atoms with Crippen LogP contribution in [0, 0.1) is 6.92 Å². The van der Waals surface area contributed by atoms with Crippen LogP contribution in [0.25, 0.3) is 0 Å². The summed E-state index contributed by atoms with van der Waals surface area (Å²) in [5.74, 6) is 1.57. The zero-order valence-electron chi connectivity index (χ0n) is 17.5. The molecule has 3 aromatic rings. The van der Waals surface area contributed by atoms with Crippen LogP contribution in [-0.4, -0.2) is 22.3 Å². The summed E-state index contributed by atoms with van der Waals surface area (Å²) in [5.41, 5.74) is 3.95. The first kappa shape index (κ1) is 21.2. The molecule has 5 heteroatoms. The van der Waals surface area contributed by atoms with Gasteiger partial charge in [-0.05, 0) is 35.6 Å². The highest BCUT2D eigenvalue weighted by atomic mass is 32.2. The lowest BCUT2D eigenvalue weighted by Gasteiger charge is -2.19. The Morgan fingerprint density at radius 2 is 1.72 bits per heavy atom. The van der Waals surface area contributed by atoms with Gasteiger partial charge >= 0.3 is 0 Å². The molecule has 152 valence electrons. The maximum Gasteiger partial charge on any atom is 0.255 e. The minimum absolute atomic E-state index is 0.0671. The van der Waals surface area contributed by atoms with Gasteiger partial charge in [-0.3, -0.25) is 4.79 Å². The van der Waals surface area contributed by atoms with Crippen LogP contribution in [-0.2, 0) is 11.8 Å². The Labute approximate surface area is 176 Å². The first-order valence-electron chi connectivity index (χ1n) is 9.83. The second kappa shape index (κ2) is 9.31. The van der Waals surface area contributed by atoms with Gasteiger partial charge in [-0.25, -0.2) is 4.98 Å². The van der Waals surface area contributed by atoms with Crippen LogP contribution in [0.2, 0.25) is 0 Å². The summed E-state index contributed by atoms with van der Waals surface area (Å²) in [6, 6.07) is 18.2. The van der Waals surface area contributed by atoms with Crippen LogP contribution >= 0.6 is 11.8 Å². The standard InChI is InChI=1S/C24H28N2O2S/c1-17-21(16-18-8-6-5-7-9-18)22(27)26-23(25-17)29-15-14-28-20-12-10-19(11-13-20)24(2,3)4/h5-13H,14-16H2,1-4H3,(H,25,26,27). The van der Waals surface area contributed by atoms with Gasteiger partial charge in [-0.2, -0.15) is 0 Å². The van der Waals surface area contributed by atoms with Crippen molar-refractivity contribution < 1.29 is 4.74 Å². The van der Waals surface area contributed by atoms with Crippen LogP contribution in [0.15, 0.2) is 64.5 Å². The largest absolute Gasteiger partial charge is 0.493 e. The van der Waals surface area contributed by atoms with Crippen molar-refractivity contribution in [2.75, 3.05) is 12.4 Å². The van der Waals surface area contributed by atoms with Crippen molar-refractivity contribution in [3.8, 4) is 5.75 Å². The molecule has 29 heavy (non-hydrogen) atoms. The predicted molar refractivity (Wildman–Crippen MR) is 120 cm³/mol. The SMILES string of the molecule is Cc1nc(SCCOc2ccc(C(C)(C)C)cc2)[nH]c(=O)c1Cc1ccccc1. The number of ether oxygens (including phenoxy) is 1. The number of nitrogens with zero attached hydrogens (tertiary/aromatic N) is 1. The molecule has 0 aliphatic carbocycles. The molecule has 0 aliphatic rings. The second-order valence-electron chi connectivity index (χ2n) is 8.07. The Bertz CT molecular complexity index is 990. The molecule has 0 saturated carbocycles. The number of benzene rings is 2. The third-order valence-electron chi connectivity index (χ3n) is 4.74. The Morgan fingerprint density at radius 1 is 1.03 bits per heavy atom. The van der Waals surface area contributed by atoms with Gasteiger partial charge in [0.1, 0.15) is 5.75 Å². The topological polar surface area (TPSA) is 55.0 Å². The van der Waals surface area contributed by atoms with Crippen molar-refractivity contribution in [1.29, 1.82) is 0 Å². The Hall–Kier alpha value is -2.53. The molecule has 0 saturated heterocycles. The molecule has 1 N–H and O–H groups in total. The molecule has 2 aromatic carbocycles. The maximum absolute atomic E-state index is 12.5. The highest BCUT2D eigenvalue weighted by molar-refractivity contribution is 7.99. The molecule has 0 radical (unpaired) electrons. The van der Waals surface area contributed by atoms with E-state index in [0.717, 1.165) is 22.6 Å². The Morgan fingerprint density at radius 3 is 2.34 bits per heavy atom. The molecule has 0 bridgehead atoms. The quantitative estimate of drug-likeness (QED) is 0.334. The number of aromatic nitrogens is 2. The molecular weight excluding hydrogens is 380 g/mol. The van der Waals surface area contributed by atoms with Gasteiger partial charge in [0.2, 0.25) is 0 Å². The minimum Gasteiger partial charge on any atom is -0.493 e. The van der Waals surface area contributed by atoms with Crippen molar-refractivity contribution in [1.82, 2.24) is 9.97 Å². The molecule has 0 amide bonds. The summed E-state index contributed by atoms with van der Waals surface area (Å²) in [4.78, 5) is 20.0. The number of aryl methyl sites for hydroxylation is 1. The van der Waals surface area contributed by atoms with Crippen LogP contribution in [0.3, 0.4) is 0 Å². The summed E-state index contributed by atoms with van der Waals surface area (Å²) >= 11 is 1.50. The van der Waals surface area contributed by atoms with E-state index in [1.165, 1.54) is 17.3 Å². The minimum atomic E-state index is -0.0671. The Kier molecular flexibility index (Phi) is 6.80. The van der Waals surface area contributed by atoms with Crippen molar-refractivity contribution in [2.45, 2.75) is 44.7 Å². The third kappa shape index (κ3) is 5.97. The van der Waals surface area contributed by atoms with Gasteiger partial charge < -0.3 is 9.72 Å². The van der Waals surface area contributed by atoms with E-state index in [1.807, 2.05) is 49.4 Å². The lowest BCUT2D eigenvalue weighted by molar-refractivity contribution is 0.343. The molecule has 0 spiro atoms. The number of rotatable bonds is 7. The molecule has 3 rings (SSSR count). The van der Waals surface area contributed by atoms with Crippen molar-refractivity contribution >= 4 is 11.8 Å². The van der Waals surface area contributed by atoms with Crippen molar-refractivity contribution in [3.63, 3.8) is 0 Å². The summed E-state index contributed by atoms with van der Waals surface area (Å²) in [6.07, 6.45) is 0.591. The fourth-order valence-electron chi connectivity index (χ4n) is 3.01. The number of aromatic amines is 1. The van der Waals surface area contributed by atoms with Crippen molar-refractivity contribution in [2.24, 2.45) is 0 Å². The fourth-order valence-corrected chi connectivity index (χ4v) is 3.74. The van der Waals surface area contributed by atoms with E-state index in [-0.39, 0.29) is 11.0 Å². The summed E-state index contributed by atoms with van der Waals surface area (Å²) < 4.78 is 5.82. The second-order valence-corrected chi connectivity index (χ2v) is 9.15. The van der Waals surface area contributed by atoms with Crippen LogP contribution in [0.1, 0.15) is 43.2 Å². The lowest BCUT2D eigenvalue weighted by atomic mass is 9.87. The average molecular weight is 409 g/mol. The fraction of sp³-hybridized carbons (Fsp3) is 0.333. The molecule has 0 atom stereocenters. The number of hydrogen-bond acceptors (Lipinski definition) is 4. The van der Waals surface area contributed by atoms with Gasteiger partial charge in [0, 0.05) is 23.4 Å². The Balaban J connectivity index is 1.54. The van der Waals surface area contributed by atoms with E-state index in [2.05, 4.69) is 42.9 Å². The zero-order valence-corrected chi connectivity index (χ0v) is 18.3. The first-order chi connectivity index (χ1) is 13.8. The predicted octanol–water partition coefficient (Wildman–Crippen LogP) is 5.14. The summed E-state index contributed by atoms with van der Waals surface area (Å²) in [7, 11) is 0. The van der Waals surface area contributed by atoms with Crippen LogP contribution in [0.4, 0.5) is 0 Å². The smallest absolute Gasteiger partial charge is 0.255 e. The number of hydrogen-bond donors (Lipinski definition) is 1. The molecule has 1 heterocycles. The highest BCUT2D eigenvalue weighted by Crippen LogP contribution is 2.24. The van der Waals surface area contributed by atoms with Gasteiger partial charge in [-0.15, -0.1) is 0 Å². The van der Waals surface area contributed by atoms with Crippen LogP contribution in [0.5, 0.6) is 5.75 Å². The zero-order chi connectivity index (χ0) is 20.9. The molecule has 0 fully saturated rings. The highest BCUT2D eigenvalue weighted by Gasteiger charge is 2.13. The van der Waals surface area contributed by atoms with Gasteiger partial charge in [-0.1, -0.05) is 75.0 Å². The maximum atomic E-state index is 12.5. The van der Waals surface area contributed by atoms with Gasteiger partial charge in [0.25, 0.3) is 5.56 Å². The van der Waals surface area contributed by atoms with E-state index in [0.29, 0.717) is 23.9 Å². The van der Waals surface area contributed by atoms with Crippen LogP contribution < -0.4 is 10.3 Å². The number of nitrogens with one attached hydrogen (secondary N) is 1. The van der Waals surface area contributed by atoms with E-state index in [9.17, 15) is 4.79 Å². The molecule has 0 unspecified atom stereocenters. The molecular formula is C24H28N2O2S. The summed E-state index contributed by atoms with van der Waals surface area (Å²) in [6.45, 7) is 9.03. The normalized spacial score (nSPS) is 11.4. The van der Waals surface area contributed by atoms with E-state index in [1.54, 1.807) is 0 Å². The van der Waals surface area contributed by atoms with Crippen molar-refractivity contribution in [3.05, 3.63) is 87.3 Å². The lowest BCUT2D eigenvalue weighted by Crippen LogP contribution is -2.18. The van der Waals surface area contributed by atoms with Gasteiger partial charge in [0.15, 0.2) is 5.16 Å². The molecule has 1 aromatic heterocycles. The number of H-pyrrole nitrogens is 1.